The Kier molecular flexibility index (Phi) is 4.16. The highest BCUT2D eigenvalue weighted by atomic mass is 16.6. The van der Waals surface area contributed by atoms with Gasteiger partial charge in [-0.2, -0.15) is 5.10 Å². The summed E-state index contributed by atoms with van der Waals surface area (Å²) < 4.78 is 0. The Bertz CT molecular complexity index is 428. The van der Waals surface area contributed by atoms with Gasteiger partial charge in [-0.15, -0.1) is 0 Å². The minimum Gasteiger partial charge on any atom is -0.339 e. The third-order valence-electron chi connectivity index (χ3n) is 2.34. The van der Waals surface area contributed by atoms with Crippen molar-refractivity contribution < 1.29 is 9.72 Å². The number of likely N-dealkylation sites (N-methyl/N-ethyl adjacent to an activating group) is 2. The molecule has 1 heterocycles. The predicted molar refractivity (Wildman–Crippen MR) is 60.9 cm³/mol. The van der Waals surface area contributed by atoms with Crippen molar-refractivity contribution in [2.45, 2.75) is 6.92 Å². The lowest BCUT2D eigenvalue weighted by molar-refractivity contribution is -0.385. The summed E-state index contributed by atoms with van der Waals surface area (Å²) in [7, 11) is 3.34. The smallest absolute Gasteiger partial charge is 0.322 e. The number of nitrogens with one attached hydrogen (secondary N) is 2. The monoisotopic (exact) mass is 241 g/mol. The number of hydrogen-bond donors (Lipinski definition) is 2. The van der Waals surface area contributed by atoms with Crippen molar-refractivity contribution in [1.29, 1.82) is 0 Å². The molecule has 94 valence electrons. The number of aryl methyl sites for hydroxylation is 1. The minimum absolute atomic E-state index is 0.147. The van der Waals surface area contributed by atoms with Gasteiger partial charge in [0.05, 0.1) is 4.92 Å². The van der Waals surface area contributed by atoms with Crippen molar-refractivity contribution in [3.05, 3.63) is 21.5 Å². The van der Waals surface area contributed by atoms with E-state index in [-0.39, 0.29) is 17.1 Å². The maximum absolute atomic E-state index is 11.9. The summed E-state index contributed by atoms with van der Waals surface area (Å²) in [4.78, 5) is 23.5. The average Bonchev–Trinajstić information content (AvgIpc) is 2.66. The van der Waals surface area contributed by atoms with Crippen LogP contribution in [0.15, 0.2) is 0 Å². The molecule has 1 aromatic rings. The summed E-state index contributed by atoms with van der Waals surface area (Å²) in [5.74, 6) is -0.462. The molecule has 0 fully saturated rings. The zero-order valence-corrected chi connectivity index (χ0v) is 9.98. The van der Waals surface area contributed by atoms with E-state index in [1.807, 2.05) is 0 Å². The van der Waals surface area contributed by atoms with Crippen LogP contribution in [0.5, 0.6) is 0 Å². The molecule has 17 heavy (non-hydrogen) atoms. The van der Waals surface area contributed by atoms with Crippen molar-refractivity contribution in [2.75, 3.05) is 27.2 Å². The van der Waals surface area contributed by atoms with Gasteiger partial charge in [-0.3, -0.25) is 20.0 Å². The van der Waals surface area contributed by atoms with E-state index in [9.17, 15) is 14.9 Å². The predicted octanol–water partition coefficient (Wildman–Crippen LogP) is -0.0823. The molecular weight excluding hydrogens is 226 g/mol. The molecule has 0 radical (unpaired) electrons. The molecule has 0 spiro atoms. The Morgan fingerprint density at radius 2 is 2.29 bits per heavy atom. The molecule has 0 unspecified atom stereocenters. The molecule has 0 aliphatic carbocycles. The van der Waals surface area contributed by atoms with Gasteiger partial charge in [-0.1, -0.05) is 0 Å². The second-order valence-electron chi connectivity index (χ2n) is 3.63. The number of aromatic amines is 1. The Labute approximate surface area is 98.1 Å². The van der Waals surface area contributed by atoms with Gasteiger partial charge in [0.2, 0.25) is 5.69 Å². The first-order valence-corrected chi connectivity index (χ1v) is 5.08. The van der Waals surface area contributed by atoms with E-state index >= 15 is 0 Å². The van der Waals surface area contributed by atoms with E-state index in [0.29, 0.717) is 13.1 Å². The molecular formula is C9H15N5O3. The van der Waals surface area contributed by atoms with Crippen LogP contribution < -0.4 is 5.32 Å². The normalized spacial score (nSPS) is 10.3. The Hall–Kier alpha value is -1.96. The van der Waals surface area contributed by atoms with Crippen LogP contribution in [0.25, 0.3) is 0 Å². The van der Waals surface area contributed by atoms with Gasteiger partial charge in [0.15, 0.2) is 0 Å². The lowest BCUT2D eigenvalue weighted by Crippen LogP contribution is -2.33. The van der Waals surface area contributed by atoms with Crippen LogP contribution >= 0.6 is 0 Å². The first kappa shape index (κ1) is 13.1. The number of rotatable bonds is 5. The molecule has 2 N–H and O–H groups in total. The Morgan fingerprint density at radius 3 is 2.82 bits per heavy atom. The number of nitrogens with zero attached hydrogens (tertiary/aromatic N) is 3. The molecule has 8 nitrogen and oxygen atoms in total. The fourth-order valence-corrected chi connectivity index (χ4v) is 1.36. The molecule has 0 saturated carbocycles. The summed E-state index contributed by atoms with van der Waals surface area (Å²) in [6.07, 6.45) is 0. The zero-order valence-electron chi connectivity index (χ0n) is 9.98. The van der Waals surface area contributed by atoms with Gasteiger partial charge in [0.1, 0.15) is 5.69 Å². The van der Waals surface area contributed by atoms with Crippen molar-refractivity contribution >= 4 is 11.6 Å². The van der Waals surface area contributed by atoms with Crippen LogP contribution in [0.3, 0.4) is 0 Å². The lowest BCUT2D eigenvalue weighted by Gasteiger charge is -2.14. The molecule has 1 aromatic heterocycles. The molecule has 0 aliphatic rings. The molecule has 8 heteroatoms. The largest absolute Gasteiger partial charge is 0.339 e. The number of carbonyl (C=O) groups excluding carboxylic acids is 1. The molecule has 0 saturated heterocycles. The molecule has 0 aromatic carbocycles. The maximum atomic E-state index is 11.9. The number of nitro groups is 1. The highest BCUT2D eigenvalue weighted by molar-refractivity contribution is 5.96. The van der Waals surface area contributed by atoms with Crippen molar-refractivity contribution in [2.24, 2.45) is 0 Å². The number of hydrogen-bond acceptors (Lipinski definition) is 5. The van der Waals surface area contributed by atoms with Crippen LogP contribution in [0.2, 0.25) is 0 Å². The van der Waals surface area contributed by atoms with Crippen LogP contribution in [0.1, 0.15) is 16.2 Å². The topological polar surface area (TPSA) is 104 Å². The quantitative estimate of drug-likeness (QED) is 0.554. The summed E-state index contributed by atoms with van der Waals surface area (Å²) in [5.41, 5.74) is -0.127. The highest BCUT2D eigenvalue weighted by Crippen LogP contribution is 2.20. The number of carbonyl (C=O) groups is 1. The van der Waals surface area contributed by atoms with E-state index in [0.717, 1.165) is 0 Å². The first-order valence-electron chi connectivity index (χ1n) is 5.08. The van der Waals surface area contributed by atoms with Crippen LogP contribution in [0.4, 0.5) is 5.69 Å². The first-order chi connectivity index (χ1) is 7.99. The molecule has 0 bridgehead atoms. The third kappa shape index (κ3) is 2.78. The Balaban J connectivity index is 2.92. The van der Waals surface area contributed by atoms with Crippen LogP contribution in [0, 0.1) is 17.0 Å². The molecule has 1 rings (SSSR count). The van der Waals surface area contributed by atoms with Crippen LogP contribution in [-0.2, 0) is 0 Å². The van der Waals surface area contributed by atoms with Gasteiger partial charge in [0, 0.05) is 20.1 Å². The number of amides is 1. The van der Waals surface area contributed by atoms with E-state index in [1.165, 1.54) is 11.8 Å². The van der Waals surface area contributed by atoms with E-state index in [2.05, 4.69) is 15.5 Å². The summed E-state index contributed by atoms with van der Waals surface area (Å²) >= 11 is 0. The second kappa shape index (κ2) is 5.39. The van der Waals surface area contributed by atoms with Crippen LogP contribution in [-0.4, -0.2) is 53.1 Å². The van der Waals surface area contributed by atoms with E-state index < -0.39 is 10.8 Å². The lowest BCUT2D eigenvalue weighted by atomic mass is 10.3. The summed E-state index contributed by atoms with van der Waals surface area (Å²) in [6, 6.07) is 0. The third-order valence-corrected chi connectivity index (χ3v) is 2.34. The number of H-pyrrole nitrogens is 1. The highest BCUT2D eigenvalue weighted by Gasteiger charge is 2.28. The van der Waals surface area contributed by atoms with Crippen molar-refractivity contribution in [3.63, 3.8) is 0 Å². The number of aromatic nitrogens is 2. The van der Waals surface area contributed by atoms with Crippen molar-refractivity contribution in [3.8, 4) is 0 Å². The standard InChI is InChI=1S/C9H15N5O3/c1-6-8(14(16)17)7(12-11-6)9(15)13(3)5-4-10-2/h10H,4-5H2,1-3H3,(H,11,12). The molecule has 1 amide bonds. The molecule has 0 atom stereocenters. The van der Waals surface area contributed by atoms with Gasteiger partial charge >= 0.3 is 5.69 Å². The van der Waals surface area contributed by atoms with Gasteiger partial charge in [-0.05, 0) is 14.0 Å². The van der Waals surface area contributed by atoms with E-state index in [1.54, 1.807) is 14.1 Å². The van der Waals surface area contributed by atoms with Crippen molar-refractivity contribution in [1.82, 2.24) is 20.4 Å². The summed E-state index contributed by atoms with van der Waals surface area (Å²) in [5, 5.41) is 19.8. The fraction of sp³-hybridized carbons (Fsp3) is 0.556. The summed E-state index contributed by atoms with van der Waals surface area (Å²) in [6.45, 7) is 2.58. The second-order valence-corrected chi connectivity index (χ2v) is 3.63. The zero-order chi connectivity index (χ0) is 13.0. The van der Waals surface area contributed by atoms with Gasteiger partial charge in [0.25, 0.3) is 5.91 Å². The maximum Gasteiger partial charge on any atom is 0.322 e. The molecule has 0 aliphatic heterocycles. The SMILES string of the molecule is CNCCN(C)C(=O)c1n[nH]c(C)c1[N+](=O)[O-]. The van der Waals surface area contributed by atoms with Gasteiger partial charge in [-0.25, -0.2) is 0 Å². The fourth-order valence-electron chi connectivity index (χ4n) is 1.36. The van der Waals surface area contributed by atoms with Gasteiger partial charge < -0.3 is 10.2 Å². The Morgan fingerprint density at radius 1 is 1.65 bits per heavy atom. The minimum atomic E-state index is -0.599. The van der Waals surface area contributed by atoms with E-state index in [4.69, 9.17) is 0 Å². The average molecular weight is 241 g/mol.